The summed E-state index contributed by atoms with van der Waals surface area (Å²) < 4.78 is 0. The van der Waals surface area contributed by atoms with Gasteiger partial charge in [0.1, 0.15) is 0 Å². The SMILES string of the molecule is Cc1cc(C)cc(C(=O)N(C)c2cc(Cl)ccc2N)c1. The van der Waals surface area contributed by atoms with Gasteiger partial charge < -0.3 is 10.6 Å². The fourth-order valence-corrected chi connectivity index (χ4v) is 2.37. The number of anilines is 2. The van der Waals surface area contributed by atoms with Crippen molar-refractivity contribution in [2.75, 3.05) is 17.7 Å². The van der Waals surface area contributed by atoms with E-state index >= 15 is 0 Å². The van der Waals surface area contributed by atoms with E-state index in [1.807, 2.05) is 32.0 Å². The van der Waals surface area contributed by atoms with Gasteiger partial charge in [0.25, 0.3) is 5.91 Å². The zero-order chi connectivity index (χ0) is 14.9. The smallest absolute Gasteiger partial charge is 0.258 e. The van der Waals surface area contributed by atoms with Crippen molar-refractivity contribution >= 4 is 28.9 Å². The van der Waals surface area contributed by atoms with Crippen molar-refractivity contribution in [1.29, 1.82) is 0 Å². The highest BCUT2D eigenvalue weighted by Crippen LogP contribution is 2.27. The van der Waals surface area contributed by atoms with Gasteiger partial charge >= 0.3 is 0 Å². The molecular weight excluding hydrogens is 272 g/mol. The number of nitrogen functional groups attached to an aromatic ring is 1. The van der Waals surface area contributed by atoms with Crippen molar-refractivity contribution in [2.24, 2.45) is 0 Å². The number of amides is 1. The minimum absolute atomic E-state index is 0.106. The summed E-state index contributed by atoms with van der Waals surface area (Å²) >= 11 is 5.97. The van der Waals surface area contributed by atoms with Crippen molar-refractivity contribution in [3.05, 3.63) is 58.1 Å². The maximum atomic E-state index is 12.5. The molecule has 0 aliphatic heterocycles. The first-order valence-electron chi connectivity index (χ1n) is 6.30. The second-order valence-corrected chi connectivity index (χ2v) is 5.38. The van der Waals surface area contributed by atoms with Crippen molar-refractivity contribution in [3.63, 3.8) is 0 Å². The summed E-state index contributed by atoms with van der Waals surface area (Å²) in [7, 11) is 1.70. The minimum Gasteiger partial charge on any atom is -0.397 e. The molecule has 0 spiro atoms. The van der Waals surface area contributed by atoms with Crippen LogP contribution in [-0.2, 0) is 0 Å². The standard InChI is InChI=1S/C16H17ClN2O/c1-10-6-11(2)8-12(7-10)16(20)19(3)15-9-13(17)4-5-14(15)18/h4-9H,18H2,1-3H3. The number of carbonyl (C=O) groups is 1. The summed E-state index contributed by atoms with van der Waals surface area (Å²) in [4.78, 5) is 14.1. The lowest BCUT2D eigenvalue weighted by molar-refractivity contribution is 0.0993. The summed E-state index contributed by atoms with van der Waals surface area (Å²) in [5.41, 5.74) is 9.80. The topological polar surface area (TPSA) is 46.3 Å². The first-order valence-corrected chi connectivity index (χ1v) is 6.67. The highest BCUT2D eigenvalue weighted by Gasteiger charge is 2.16. The summed E-state index contributed by atoms with van der Waals surface area (Å²) in [6, 6.07) is 10.9. The first-order chi connectivity index (χ1) is 9.38. The molecular formula is C16H17ClN2O. The molecule has 0 saturated heterocycles. The van der Waals surface area contributed by atoms with Crippen LogP contribution in [-0.4, -0.2) is 13.0 Å². The molecule has 0 unspecified atom stereocenters. The van der Waals surface area contributed by atoms with Crippen molar-refractivity contribution < 1.29 is 4.79 Å². The molecule has 20 heavy (non-hydrogen) atoms. The van der Waals surface area contributed by atoms with Crippen molar-refractivity contribution in [2.45, 2.75) is 13.8 Å². The lowest BCUT2D eigenvalue weighted by Gasteiger charge is -2.20. The van der Waals surface area contributed by atoms with Crippen LogP contribution in [0.1, 0.15) is 21.5 Å². The zero-order valence-electron chi connectivity index (χ0n) is 11.8. The molecule has 0 aromatic heterocycles. The molecule has 0 bridgehead atoms. The second-order valence-electron chi connectivity index (χ2n) is 4.94. The number of hydrogen-bond donors (Lipinski definition) is 1. The zero-order valence-corrected chi connectivity index (χ0v) is 12.5. The molecule has 0 radical (unpaired) electrons. The molecule has 0 heterocycles. The van der Waals surface area contributed by atoms with E-state index in [1.165, 1.54) is 4.90 Å². The van der Waals surface area contributed by atoms with Crippen molar-refractivity contribution in [3.8, 4) is 0 Å². The average molecular weight is 289 g/mol. The Morgan fingerprint density at radius 3 is 2.30 bits per heavy atom. The first kappa shape index (κ1) is 14.4. The van der Waals surface area contributed by atoms with E-state index in [0.717, 1.165) is 11.1 Å². The van der Waals surface area contributed by atoms with Gasteiger partial charge in [0.15, 0.2) is 0 Å². The fourth-order valence-electron chi connectivity index (χ4n) is 2.21. The Kier molecular flexibility index (Phi) is 4.00. The molecule has 1 amide bonds. The molecule has 104 valence electrons. The highest BCUT2D eigenvalue weighted by atomic mass is 35.5. The van der Waals surface area contributed by atoms with Crippen LogP contribution in [0.3, 0.4) is 0 Å². The molecule has 2 aromatic carbocycles. The van der Waals surface area contributed by atoms with Crippen LogP contribution in [0.4, 0.5) is 11.4 Å². The largest absolute Gasteiger partial charge is 0.397 e. The van der Waals surface area contributed by atoms with Gasteiger partial charge in [0, 0.05) is 17.6 Å². The van der Waals surface area contributed by atoms with Crippen LogP contribution < -0.4 is 10.6 Å². The predicted molar refractivity (Wildman–Crippen MR) is 84.5 cm³/mol. The molecule has 3 nitrogen and oxygen atoms in total. The summed E-state index contributed by atoms with van der Waals surface area (Å²) in [6.45, 7) is 3.94. The number of aryl methyl sites for hydroxylation is 2. The van der Waals surface area contributed by atoms with E-state index in [2.05, 4.69) is 0 Å². The third kappa shape index (κ3) is 2.94. The molecule has 0 fully saturated rings. The normalized spacial score (nSPS) is 10.4. The summed E-state index contributed by atoms with van der Waals surface area (Å²) in [5.74, 6) is -0.106. The van der Waals surface area contributed by atoms with Crippen LogP contribution in [0.15, 0.2) is 36.4 Å². The Bertz CT molecular complexity index is 647. The number of halogens is 1. The number of hydrogen-bond acceptors (Lipinski definition) is 2. The maximum absolute atomic E-state index is 12.5. The van der Waals surface area contributed by atoms with E-state index in [1.54, 1.807) is 25.2 Å². The molecule has 0 aliphatic rings. The Labute approximate surface area is 124 Å². The third-order valence-electron chi connectivity index (χ3n) is 3.13. The van der Waals surface area contributed by atoms with E-state index in [9.17, 15) is 4.79 Å². The number of nitrogens with zero attached hydrogens (tertiary/aromatic N) is 1. The van der Waals surface area contributed by atoms with Gasteiger partial charge in [-0.15, -0.1) is 0 Å². The number of rotatable bonds is 2. The molecule has 4 heteroatoms. The quantitative estimate of drug-likeness (QED) is 0.854. The third-order valence-corrected chi connectivity index (χ3v) is 3.36. The Hall–Kier alpha value is -2.00. The van der Waals surface area contributed by atoms with Crippen molar-refractivity contribution in [1.82, 2.24) is 0 Å². The molecule has 0 aliphatic carbocycles. The minimum atomic E-state index is -0.106. The number of benzene rings is 2. The van der Waals surface area contributed by atoms with Gasteiger partial charge in [0.2, 0.25) is 0 Å². The van der Waals surface area contributed by atoms with E-state index in [0.29, 0.717) is 22.0 Å². The van der Waals surface area contributed by atoms with Gasteiger partial charge in [-0.2, -0.15) is 0 Å². The van der Waals surface area contributed by atoms with E-state index in [4.69, 9.17) is 17.3 Å². The number of nitrogens with two attached hydrogens (primary N) is 1. The molecule has 0 atom stereocenters. The van der Waals surface area contributed by atoms with Gasteiger partial charge in [0.05, 0.1) is 11.4 Å². The summed E-state index contributed by atoms with van der Waals surface area (Å²) in [5, 5.41) is 0.550. The van der Waals surface area contributed by atoms with Crippen LogP contribution in [0, 0.1) is 13.8 Å². The average Bonchev–Trinajstić information content (AvgIpc) is 2.38. The number of carbonyl (C=O) groups excluding carboxylic acids is 1. The van der Waals surface area contributed by atoms with E-state index in [-0.39, 0.29) is 5.91 Å². The Morgan fingerprint density at radius 2 is 1.70 bits per heavy atom. The van der Waals surface area contributed by atoms with Crippen LogP contribution in [0.25, 0.3) is 0 Å². The lowest BCUT2D eigenvalue weighted by Crippen LogP contribution is -2.27. The van der Waals surface area contributed by atoms with E-state index < -0.39 is 0 Å². The lowest BCUT2D eigenvalue weighted by atomic mass is 10.1. The van der Waals surface area contributed by atoms with Gasteiger partial charge in [-0.25, -0.2) is 0 Å². The fraction of sp³-hybridized carbons (Fsp3) is 0.188. The maximum Gasteiger partial charge on any atom is 0.258 e. The second kappa shape index (κ2) is 5.55. The van der Waals surface area contributed by atoms with Crippen LogP contribution in [0.2, 0.25) is 5.02 Å². The van der Waals surface area contributed by atoms with Crippen LogP contribution in [0.5, 0.6) is 0 Å². The van der Waals surface area contributed by atoms with Gasteiger partial charge in [-0.3, -0.25) is 4.79 Å². The molecule has 2 N–H and O–H groups in total. The monoisotopic (exact) mass is 288 g/mol. The molecule has 0 saturated carbocycles. The Balaban J connectivity index is 2.39. The predicted octanol–water partition coefficient (Wildman–Crippen LogP) is 3.82. The molecule has 2 aromatic rings. The summed E-state index contributed by atoms with van der Waals surface area (Å²) in [6.07, 6.45) is 0. The molecule has 2 rings (SSSR count). The van der Waals surface area contributed by atoms with Gasteiger partial charge in [-0.05, 0) is 44.2 Å². The van der Waals surface area contributed by atoms with Gasteiger partial charge in [-0.1, -0.05) is 28.8 Å². The Morgan fingerprint density at radius 1 is 1.10 bits per heavy atom. The highest BCUT2D eigenvalue weighted by molar-refractivity contribution is 6.31. The van der Waals surface area contributed by atoms with Crippen LogP contribution >= 0.6 is 11.6 Å².